The van der Waals surface area contributed by atoms with Crippen LogP contribution in [0, 0.1) is 11.7 Å². The first-order valence-electron chi connectivity index (χ1n) is 6.32. The van der Waals surface area contributed by atoms with Gasteiger partial charge in [-0.25, -0.2) is 4.39 Å². The van der Waals surface area contributed by atoms with E-state index in [1.54, 1.807) is 6.07 Å². The lowest BCUT2D eigenvalue weighted by atomic mass is 9.94. The maximum absolute atomic E-state index is 13.4. The molecule has 0 saturated carbocycles. The van der Waals surface area contributed by atoms with E-state index >= 15 is 0 Å². The summed E-state index contributed by atoms with van der Waals surface area (Å²) in [4.78, 5) is 0. The van der Waals surface area contributed by atoms with Crippen LogP contribution in [-0.2, 0) is 12.8 Å². The Morgan fingerprint density at radius 3 is 2.10 bits per heavy atom. The molecule has 2 aromatic carbocycles. The van der Waals surface area contributed by atoms with E-state index in [2.05, 4.69) is 72.1 Å². The molecule has 4 heteroatoms. The summed E-state index contributed by atoms with van der Waals surface area (Å²) in [5.74, 6) is 0.260. The maximum atomic E-state index is 13.4. The van der Waals surface area contributed by atoms with Crippen molar-refractivity contribution in [3.05, 3.63) is 68.4 Å². The zero-order valence-corrected chi connectivity index (χ0v) is 15.5. The molecule has 0 aliphatic heterocycles. The molecule has 0 amide bonds. The van der Waals surface area contributed by atoms with Crippen LogP contribution in [0.5, 0.6) is 0 Å². The first-order valence-corrected chi connectivity index (χ1v) is 9.03. The van der Waals surface area contributed by atoms with Crippen LogP contribution < -0.4 is 0 Å². The van der Waals surface area contributed by atoms with Gasteiger partial charge in [-0.05, 0) is 60.2 Å². The molecule has 2 aromatic rings. The van der Waals surface area contributed by atoms with Gasteiger partial charge in [0.25, 0.3) is 0 Å². The molecular weight excluding hydrogens is 451 g/mol. The van der Waals surface area contributed by atoms with Gasteiger partial charge in [-0.2, -0.15) is 0 Å². The molecule has 0 heterocycles. The summed E-state index contributed by atoms with van der Waals surface area (Å²) in [5.41, 5.74) is 2.33. The van der Waals surface area contributed by atoms with Crippen molar-refractivity contribution >= 4 is 47.8 Å². The molecule has 106 valence electrons. The Morgan fingerprint density at radius 2 is 1.50 bits per heavy atom. The molecule has 0 bridgehead atoms. The van der Waals surface area contributed by atoms with E-state index in [0.717, 1.165) is 32.7 Å². The van der Waals surface area contributed by atoms with Crippen LogP contribution in [0.1, 0.15) is 11.1 Å². The van der Waals surface area contributed by atoms with Crippen LogP contribution in [0.2, 0.25) is 0 Å². The summed E-state index contributed by atoms with van der Waals surface area (Å²) >= 11 is 10.4. The second-order valence-corrected chi connectivity index (χ2v) is 7.31. The fraction of sp³-hybridized carbons (Fsp3) is 0.250. The minimum atomic E-state index is -0.189. The maximum Gasteiger partial charge on any atom is 0.124 e. The molecular formula is C16H14Br3F. The minimum absolute atomic E-state index is 0.189. The van der Waals surface area contributed by atoms with E-state index in [1.807, 2.05) is 6.07 Å². The van der Waals surface area contributed by atoms with Crippen LogP contribution in [-0.4, -0.2) is 5.33 Å². The van der Waals surface area contributed by atoms with Gasteiger partial charge in [-0.3, -0.25) is 0 Å². The third-order valence-corrected chi connectivity index (χ3v) is 5.00. The number of hydrogen-bond donors (Lipinski definition) is 0. The van der Waals surface area contributed by atoms with Crippen molar-refractivity contribution in [2.75, 3.05) is 5.33 Å². The molecule has 2 rings (SSSR count). The van der Waals surface area contributed by atoms with Gasteiger partial charge in [-0.15, -0.1) is 0 Å². The van der Waals surface area contributed by atoms with Gasteiger partial charge in [0.15, 0.2) is 0 Å². The van der Waals surface area contributed by atoms with E-state index < -0.39 is 0 Å². The Bertz CT molecular complexity index is 546. The predicted octanol–water partition coefficient (Wildman–Crippen LogP) is 6.15. The largest absolute Gasteiger partial charge is 0.207 e. The molecule has 0 N–H and O–H groups in total. The first-order chi connectivity index (χ1) is 9.56. The topological polar surface area (TPSA) is 0 Å². The van der Waals surface area contributed by atoms with E-state index in [-0.39, 0.29) is 5.82 Å². The highest BCUT2D eigenvalue weighted by atomic mass is 79.9. The molecule has 0 fully saturated rings. The monoisotopic (exact) mass is 462 g/mol. The Balaban J connectivity index is 2.06. The quantitative estimate of drug-likeness (QED) is 0.466. The fourth-order valence-electron chi connectivity index (χ4n) is 2.20. The minimum Gasteiger partial charge on any atom is -0.207 e. The van der Waals surface area contributed by atoms with Crippen molar-refractivity contribution in [2.24, 2.45) is 5.92 Å². The molecule has 1 unspecified atom stereocenters. The van der Waals surface area contributed by atoms with Crippen molar-refractivity contribution in [1.82, 2.24) is 0 Å². The first kappa shape index (κ1) is 16.2. The summed E-state index contributed by atoms with van der Waals surface area (Å²) in [7, 11) is 0. The standard InChI is InChI=1S/C16H14Br3F/c17-10-13(5-11-1-3-14(18)4-2-11)6-12-7-15(19)9-16(20)8-12/h1-4,7-9,13H,5-6,10H2. The van der Waals surface area contributed by atoms with Gasteiger partial charge in [-0.1, -0.05) is 59.9 Å². The second-order valence-electron chi connectivity index (χ2n) is 4.83. The zero-order valence-electron chi connectivity index (χ0n) is 10.8. The van der Waals surface area contributed by atoms with E-state index in [9.17, 15) is 4.39 Å². The Hall–Kier alpha value is -0.190. The summed E-state index contributed by atoms with van der Waals surface area (Å²) in [6.07, 6.45) is 1.84. The molecule has 0 aliphatic carbocycles. The molecule has 0 nitrogen and oxygen atoms in total. The summed E-state index contributed by atoms with van der Waals surface area (Å²) in [6, 6.07) is 13.4. The SMILES string of the molecule is Fc1cc(Br)cc(CC(CBr)Cc2ccc(Br)cc2)c1. The third-order valence-electron chi connectivity index (χ3n) is 3.10. The smallest absolute Gasteiger partial charge is 0.124 e. The van der Waals surface area contributed by atoms with Crippen LogP contribution >= 0.6 is 47.8 Å². The van der Waals surface area contributed by atoms with Gasteiger partial charge in [0.2, 0.25) is 0 Å². The number of alkyl halides is 1. The zero-order chi connectivity index (χ0) is 14.5. The second kappa shape index (κ2) is 7.71. The highest BCUT2D eigenvalue weighted by molar-refractivity contribution is 9.10. The van der Waals surface area contributed by atoms with Gasteiger partial charge < -0.3 is 0 Å². The summed E-state index contributed by atoms with van der Waals surface area (Å²) in [6.45, 7) is 0. The highest BCUT2D eigenvalue weighted by Gasteiger charge is 2.11. The predicted molar refractivity (Wildman–Crippen MR) is 92.9 cm³/mol. The molecule has 20 heavy (non-hydrogen) atoms. The normalized spacial score (nSPS) is 12.4. The van der Waals surface area contributed by atoms with Crippen molar-refractivity contribution < 1.29 is 4.39 Å². The Labute approximate surface area is 144 Å². The van der Waals surface area contributed by atoms with Crippen molar-refractivity contribution in [3.63, 3.8) is 0 Å². The van der Waals surface area contributed by atoms with Crippen molar-refractivity contribution in [2.45, 2.75) is 12.8 Å². The van der Waals surface area contributed by atoms with Crippen LogP contribution in [0.25, 0.3) is 0 Å². The Kier molecular flexibility index (Phi) is 6.24. The average Bonchev–Trinajstić information content (AvgIpc) is 2.39. The fourth-order valence-corrected chi connectivity index (χ4v) is 3.43. The van der Waals surface area contributed by atoms with Crippen molar-refractivity contribution in [1.29, 1.82) is 0 Å². The van der Waals surface area contributed by atoms with E-state index in [0.29, 0.717) is 5.92 Å². The molecule has 0 radical (unpaired) electrons. The number of hydrogen-bond acceptors (Lipinski definition) is 0. The average molecular weight is 465 g/mol. The van der Waals surface area contributed by atoms with Crippen LogP contribution in [0.3, 0.4) is 0 Å². The third kappa shape index (κ3) is 4.97. The lowest BCUT2D eigenvalue weighted by Crippen LogP contribution is -2.10. The van der Waals surface area contributed by atoms with E-state index in [1.165, 1.54) is 11.6 Å². The van der Waals surface area contributed by atoms with Gasteiger partial charge in [0, 0.05) is 14.3 Å². The molecule has 0 saturated heterocycles. The summed E-state index contributed by atoms with van der Waals surface area (Å²) < 4.78 is 15.3. The number of halogens is 4. The lowest BCUT2D eigenvalue weighted by Gasteiger charge is -2.15. The lowest BCUT2D eigenvalue weighted by molar-refractivity contribution is 0.582. The summed E-state index contributed by atoms with van der Waals surface area (Å²) in [5, 5.41) is 0.900. The van der Waals surface area contributed by atoms with Crippen LogP contribution in [0.15, 0.2) is 51.4 Å². The molecule has 0 aromatic heterocycles. The molecule has 0 aliphatic rings. The molecule has 1 atom stereocenters. The van der Waals surface area contributed by atoms with Gasteiger partial charge in [0.1, 0.15) is 5.82 Å². The van der Waals surface area contributed by atoms with Crippen molar-refractivity contribution in [3.8, 4) is 0 Å². The Morgan fingerprint density at radius 1 is 0.850 bits per heavy atom. The number of benzene rings is 2. The number of rotatable bonds is 5. The van der Waals surface area contributed by atoms with E-state index in [4.69, 9.17) is 0 Å². The highest BCUT2D eigenvalue weighted by Crippen LogP contribution is 2.22. The molecule has 0 spiro atoms. The van der Waals surface area contributed by atoms with Gasteiger partial charge in [0.05, 0.1) is 0 Å². The van der Waals surface area contributed by atoms with Crippen LogP contribution in [0.4, 0.5) is 4.39 Å². The van der Waals surface area contributed by atoms with Gasteiger partial charge >= 0.3 is 0 Å².